The number of ether oxygens (including phenoxy) is 1. The topological polar surface area (TPSA) is 24.5 Å². The lowest BCUT2D eigenvalue weighted by Gasteiger charge is -2.32. The Hall–Kier alpha value is -1.06. The van der Waals surface area contributed by atoms with Gasteiger partial charge in [-0.25, -0.2) is 0 Å². The van der Waals surface area contributed by atoms with E-state index in [2.05, 4.69) is 57.2 Å². The van der Waals surface area contributed by atoms with Crippen LogP contribution in [0.4, 0.5) is 0 Å². The molecule has 0 aliphatic carbocycles. The molecule has 0 radical (unpaired) electrons. The molecule has 18 heavy (non-hydrogen) atoms. The molecule has 0 spiro atoms. The summed E-state index contributed by atoms with van der Waals surface area (Å²) >= 11 is 0. The third-order valence-electron chi connectivity index (χ3n) is 3.52. The second-order valence-corrected chi connectivity index (χ2v) is 5.63. The van der Waals surface area contributed by atoms with Crippen LogP contribution >= 0.6 is 0 Å². The van der Waals surface area contributed by atoms with Crippen LogP contribution in [-0.2, 0) is 6.54 Å². The van der Waals surface area contributed by atoms with Crippen molar-refractivity contribution in [3.05, 3.63) is 29.3 Å². The van der Waals surface area contributed by atoms with Gasteiger partial charge in [0.1, 0.15) is 5.75 Å². The summed E-state index contributed by atoms with van der Waals surface area (Å²) in [5, 5.41) is 3.50. The van der Waals surface area contributed by atoms with Gasteiger partial charge in [0, 0.05) is 24.2 Å². The summed E-state index contributed by atoms with van der Waals surface area (Å²) < 4.78 is 5.38. The highest BCUT2D eigenvalue weighted by atomic mass is 16.5. The highest BCUT2D eigenvalue weighted by Gasteiger charge is 2.19. The van der Waals surface area contributed by atoms with Gasteiger partial charge in [-0.1, -0.05) is 17.7 Å². The van der Waals surface area contributed by atoms with Crippen LogP contribution in [0.5, 0.6) is 5.75 Å². The van der Waals surface area contributed by atoms with E-state index in [-0.39, 0.29) is 5.54 Å². The van der Waals surface area contributed by atoms with E-state index in [0.29, 0.717) is 0 Å². The van der Waals surface area contributed by atoms with Crippen molar-refractivity contribution in [1.82, 2.24) is 10.2 Å². The first-order valence-electron chi connectivity index (χ1n) is 6.38. The van der Waals surface area contributed by atoms with E-state index in [1.54, 1.807) is 7.11 Å². The van der Waals surface area contributed by atoms with Crippen LogP contribution in [0.25, 0.3) is 0 Å². The van der Waals surface area contributed by atoms with Gasteiger partial charge in [0.2, 0.25) is 0 Å². The summed E-state index contributed by atoms with van der Waals surface area (Å²) in [6.45, 7) is 8.34. The predicted octanol–water partition coefficient (Wildman–Crippen LogP) is 2.43. The maximum absolute atomic E-state index is 5.38. The molecule has 0 unspecified atom stereocenters. The van der Waals surface area contributed by atoms with Gasteiger partial charge >= 0.3 is 0 Å². The summed E-state index contributed by atoms with van der Waals surface area (Å²) in [7, 11) is 5.93. The lowest BCUT2D eigenvalue weighted by Crippen LogP contribution is -2.46. The molecule has 1 N–H and O–H groups in total. The summed E-state index contributed by atoms with van der Waals surface area (Å²) in [6.07, 6.45) is 0. The van der Waals surface area contributed by atoms with Crippen molar-refractivity contribution in [2.75, 3.05) is 27.7 Å². The van der Waals surface area contributed by atoms with E-state index >= 15 is 0 Å². The predicted molar refractivity (Wildman–Crippen MR) is 77.2 cm³/mol. The maximum atomic E-state index is 5.38. The van der Waals surface area contributed by atoms with E-state index in [0.717, 1.165) is 18.8 Å². The number of rotatable bonds is 6. The second-order valence-electron chi connectivity index (χ2n) is 5.63. The van der Waals surface area contributed by atoms with Crippen molar-refractivity contribution in [2.24, 2.45) is 0 Å². The second kappa shape index (κ2) is 6.21. The number of hydrogen-bond donors (Lipinski definition) is 1. The minimum absolute atomic E-state index is 0.150. The number of nitrogens with zero attached hydrogens (tertiary/aromatic N) is 1. The SMILES string of the molecule is COc1ccc(C)cc1CNCC(C)(C)N(C)C. The van der Waals surface area contributed by atoms with Gasteiger partial charge in [-0.3, -0.25) is 0 Å². The lowest BCUT2D eigenvalue weighted by atomic mass is 10.0. The Kier molecular flexibility index (Phi) is 5.17. The first kappa shape index (κ1) is 15.0. The van der Waals surface area contributed by atoms with Crippen LogP contribution in [0.1, 0.15) is 25.0 Å². The average molecular weight is 250 g/mol. The molecule has 0 atom stereocenters. The molecule has 1 aromatic carbocycles. The number of benzene rings is 1. The highest BCUT2D eigenvalue weighted by molar-refractivity contribution is 5.36. The third-order valence-corrected chi connectivity index (χ3v) is 3.52. The van der Waals surface area contributed by atoms with Crippen LogP contribution in [0.15, 0.2) is 18.2 Å². The van der Waals surface area contributed by atoms with Gasteiger partial charge in [0.05, 0.1) is 7.11 Å². The lowest BCUT2D eigenvalue weighted by molar-refractivity contribution is 0.189. The molecular formula is C15H26N2O. The first-order chi connectivity index (χ1) is 8.36. The van der Waals surface area contributed by atoms with Crippen molar-refractivity contribution in [2.45, 2.75) is 32.9 Å². The first-order valence-corrected chi connectivity index (χ1v) is 6.38. The zero-order valence-electron chi connectivity index (χ0n) is 12.5. The molecule has 3 nitrogen and oxygen atoms in total. The van der Waals surface area contributed by atoms with Crippen molar-refractivity contribution >= 4 is 0 Å². The quantitative estimate of drug-likeness (QED) is 0.839. The van der Waals surface area contributed by atoms with E-state index < -0.39 is 0 Å². The van der Waals surface area contributed by atoms with Crippen LogP contribution in [-0.4, -0.2) is 38.2 Å². The normalized spacial score (nSPS) is 11.9. The number of nitrogens with one attached hydrogen (secondary N) is 1. The van der Waals surface area contributed by atoms with E-state index in [4.69, 9.17) is 4.74 Å². The van der Waals surface area contributed by atoms with Crippen molar-refractivity contribution in [3.63, 3.8) is 0 Å². The standard InChI is InChI=1S/C15H26N2O/c1-12-7-8-14(18-6)13(9-12)10-16-11-15(2,3)17(4)5/h7-9,16H,10-11H2,1-6H3. The molecule has 0 amide bonds. The summed E-state index contributed by atoms with van der Waals surface area (Å²) in [5.74, 6) is 0.954. The zero-order chi connectivity index (χ0) is 13.8. The molecular weight excluding hydrogens is 224 g/mol. The highest BCUT2D eigenvalue weighted by Crippen LogP contribution is 2.19. The molecule has 1 rings (SSSR count). The Morgan fingerprint density at radius 2 is 1.94 bits per heavy atom. The molecule has 0 heterocycles. The third kappa shape index (κ3) is 4.00. The Morgan fingerprint density at radius 3 is 2.50 bits per heavy atom. The number of likely N-dealkylation sites (N-methyl/N-ethyl adjacent to an activating group) is 1. The van der Waals surface area contributed by atoms with E-state index in [1.807, 2.05) is 6.07 Å². The fraction of sp³-hybridized carbons (Fsp3) is 0.600. The molecule has 0 aromatic heterocycles. The van der Waals surface area contributed by atoms with Crippen LogP contribution in [0, 0.1) is 6.92 Å². The molecule has 1 aromatic rings. The molecule has 0 saturated heterocycles. The summed E-state index contributed by atoms with van der Waals surface area (Å²) in [4.78, 5) is 2.23. The van der Waals surface area contributed by atoms with E-state index in [9.17, 15) is 0 Å². The minimum atomic E-state index is 0.150. The van der Waals surface area contributed by atoms with Crippen molar-refractivity contribution < 1.29 is 4.74 Å². The Labute approximate surface area is 111 Å². The fourth-order valence-electron chi connectivity index (χ4n) is 1.71. The van der Waals surface area contributed by atoms with Crippen molar-refractivity contribution in [1.29, 1.82) is 0 Å². The molecule has 102 valence electrons. The molecule has 0 saturated carbocycles. The van der Waals surface area contributed by atoms with Crippen LogP contribution < -0.4 is 10.1 Å². The molecule has 3 heteroatoms. The summed E-state index contributed by atoms with van der Waals surface area (Å²) in [5.41, 5.74) is 2.63. The zero-order valence-corrected chi connectivity index (χ0v) is 12.5. The fourth-order valence-corrected chi connectivity index (χ4v) is 1.71. The number of methoxy groups -OCH3 is 1. The molecule has 0 bridgehead atoms. The Morgan fingerprint density at radius 1 is 1.28 bits per heavy atom. The van der Waals surface area contributed by atoms with Gasteiger partial charge in [-0.15, -0.1) is 0 Å². The minimum Gasteiger partial charge on any atom is -0.496 e. The Bertz CT molecular complexity index is 386. The molecule has 0 aliphatic rings. The Balaban J connectivity index is 2.61. The van der Waals surface area contributed by atoms with Crippen LogP contribution in [0.3, 0.4) is 0 Å². The van der Waals surface area contributed by atoms with Gasteiger partial charge < -0.3 is 15.0 Å². The average Bonchev–Trinajstić information content (AvgIpc) is 2.29. The molecule has 0 aliphatic heterocycles. The van der Waals surface area contributed by atoms with Gasteiger partial charge in [0.25, 0.3) is 0 Å². The van der Waals surface area contributed by atoms with Crippen molar-refractivity contribution in [3.8, 4) is 5.75 Å². The monoisotopic (exact) mass is 250 g/mol. The van der Waals surface area contributed by atoms with Gasteiger partial charge in [-0.2, -0.15) is 0 Å². The number of hydrogen-bond acceptors (Lipinski definition) is 3. The molecule has 0 fully saturated rings. The largest absolute Gasteiger partial charge is 0.496 e. The maximum Gasteiger partial charge on any atom is 0.123 e. The van der Waals surface area contributed by atoms with Gasteiger partial charge in [0.15, 0.2) is 0 Å². The number of aryl methyl sites for hydroxylation is 1. The van der Waals surface area contributed by atoms with Crippen LogP contribution in [0.2, 0.25) is 0 Å². The smallest absolute Gasteiger partial charge is 0.123 e. The summed E-state index contributed by atoms with van der Waals surface area (Å²) in [6, 6.07) is 6.28. The van der Waals surface area contributed by atoms with E-state index in [1.165, 1.54) is 11.1 Å². The van der Waals surface area contributed by atoms with Gasteiger partial charge in [-0.05, 0) is 40.9 Å².